The molecule has 4 unspecified atom stereocenters. The number of allylic oxidation sites excluding steroid dienone is 2. The fourth-order valence-electron chi connectivity index (χ4n) is 3.14. The number of nitrogens with zero attached hydrogens (tertiary/aromatic N) is 1. The van der Waals surface area contributed by atoms with E-state index in [1.54, 1.807) is 6.26 Å². The summed E-state index contributed by atoms with van der Waals surface area (Å²) in [6.45, 7) is 0.668. The fourth-order valence-corrected chi connectivity index (χ4v) is 3.14. The van der Waals surface area contributed by atoms with Gasteiger partial charge in [-0.3, -0.25) is 9.69 Å². The van der Waals surface area contributed by atoms with Crippen molar-refractivity contribution in [3.63, 3.8) is 0 Å². The van der Waals surface area contributed by atoms with Gasteiger partial charge < -0.3 is 9.84 Å². The number of rotatable bonds is 2. The molecule has 1 saturated heterocycles. The van der Waals surface area contributed by atoms with Gasteiger partial charge in [-0.2, -0.15) is 0 Å². The van der Waals surface area contributed by atoms with Crippen molar-refractivity contribution in [1.29, 1.82) is 0 Å². The van der Waals surface area contributed by atoms with Gasteiger partial charge in [-0.05, 0) is 6.08 Å². The summed E-state index contributed by atoms with van der Waals surface area (Å²) in [5.74, 6) is -0.0271. The van der Waals surface area contributed by atoms with Crippen LogP contribution in [0.25, 0.3) is 0 Å². The molecule has 2 heterocycles. The lowest BCUT2D eigenvalue weighted by molar-refractivity contribution is -0.139. The van der Waals surface area contributed by atoms with Gasteiger partial charge in [0, 0.05) is 17.9 Å². The normalized spacial score (nSPS) is 38.6. The SMILES string of the molecule is O=C(O)CN1C2C=CC=CC2C2C=COCC21. The van der Waals surface area contributed by atoms with E-state index in [1.807, 2.05) is 17.1 Å². The average Bonchev–Trinajstić information content (AvgIpc) is 2.65. The first kappa shape index (κ1) is 10.6. The van der Waals surface area contributed by atoms with Crippen LogP contribution in [0, 0.1) is 11.8 Å². The largest absolute Gasteiger partial charge is 0.500 e. The van der Waals surface area contributed by atoms with Crippen molar-refractivity contribution in [2.75, 3.05) is 13.2 Å². The van der Waals surface area contributed by atoms with E-state index in [-0.39, 0.29) is 18.6 Å². The molecule has 0 aromatic rings. The van der Waals surface area contributed by atoms with Crippen LogP contribution >= 0.6 is 0 Å². The third kappa shape index (κ3) is 1.69. The smallest absolute Gasteiger partial charge is 0.317 e. The van der Waals surface area contributed by atoms with Crippen LogP contribution in [-0.4, -0.2) is 41.2 Å². The number of ether oxygens (including phenoxy) is 1. The third-order valence-corrected chi connectivity index (χ3v) is 3.83. The van der Waals surface area contributed by atoms with E-state index in [2.05, 4.69) is 18.2 Å². The molecular weight excluding hydrogens is 218 g/mol. The summed E-state index contributed by atoms with van der Waals surface area (Å²) in [5, 5.41) is 9.01. The van der Waals surface area contributed by atoms with Crippen molar-refractivity contribution in [2.45, 2.75) is 12.1 Å². The van der Waals surface area contributed by atoms with Gasteiger partial charge in [0.15, 0.2) is 0 Å². The second kappa shape index (κ2) is 4.04. The number of carbonyl (C=O) groups is 1. The maximum atomic E-state index is 11.0. The van der Waals surface area contributed by atoms with Gasteiger partial charge in [0.1, 0.15) is 6.61 Å². The molecule has 0 aromatic heterocycles. The Bertz CT molecular complexity index is 413. The zero-order valence-corrected chi connectivity index (χ0v) is 9.40. The minimum atomic E-state index is -0.776. The minimum Gasteiger partial charge on any atom is -0.500 e. The Morgan fingerprint density at radius 3 is 2.94 bits per heavy atom. The molecule has 90 valence electrons. The number of fused-ring (bicyclic) bond motifs is 3. The quantitative estimate of drug-likeness (QED) is 0.774. The minimum absolute atomic E-state index is 0.0811. The highest BCUT2D eigenvalue weighted by Crippen LogP contribution is 2.40. The van der Waals surface area contributed by atoms with Gasteiger partial charge in [-0.25, -0.2) is 0 Å². The standard InChI is InChI=1S/C13H15NO3/c15-13(16)7-14-11-4-2-1-3-9(11)10-5-6-17-8-12(10)14/h1-6,9-12H,7-8H2,(H,15,16). The third-order valence-electron chi connectivity index (χ3n) is 3.83. The predicted molar refractivity (Wildman–Crippen MR) is 62.3 cm³/mol. The first-order chi connectivity index (χ1) is 8.27. The number of carboxylic acid groups (broad SMARTS) is 1. The molecule has 3 rings (SSSR count). The van der Waals surface area contributed by atoms with Gasteiger partial charge in [-0.1, -0.05) is 24.3 Å². The van der Waals surface area contributed by atoms with Crippen LogP contribution in [0.15, 0.2) is 36.6 Å². The Kier molecular flexibility index (Phi) is 2.52. The van der Waals surface area contributed by atoms with E-state index in [4.69, 9.17) is 9.84 Å². The van der Waals surface area contributed by atoms with E-state index in [0.29, 0.717) is 18.4 Å². The highest BCUT2D eigenvalue weighted by atomic mass is 16.5. The Balaban J connectivity index is 1.92. The molecule has 2 aliphatic heterocycles. The first-order valence-electron chi connectivity index (χ1n) is 5.88. The maximum absolute atomic E-state index is 11.0. The molecule has 0 amide bonds. The summed E-state index contributed by atoms with van der Waals surface area (Å²) >= 11 is 0. The predicted octanol–water partition coefficient (Wildman–Crippen LogP) is 1.03. The van der Waals surface area contributed by atoms with Gasteiger partial charge in [0.2, 0.25) is 0 Å². The van der Waals surface area contributed by atoms with E-state index >= 15 is 0 Å². The lowest BCUT2D eigenvalue weighted by Gasteiger charge is -2.29. The molecule has 0 spiro atoms. The highest BCUT2D eigenvalue weighted by Gasteiger charge is 2.47. The zero-order chi connectivity index (χ0) is 11.8. The van der Waals surface area contributed by atoms with Crippen LogP contribution in [0.4, 0.5) is 0 Å². The molecule has 3 aliphatic rings. The molecule has 0 bridgehead atoms. The summed E-state index contributed by atoms with van der Waals surface area (Å²) in [7, 11) is 0. The Labute approximate surface area is 99.9 Å². The monoisotopic (exact) mass is 233 g/mol. The number of carboxylic acids is 1. The van der Waals surface area contributed by atoms with E-state index in [0.717, 1.165) is 0 Å². The Morgan fingerprint density at radius 1 is 1.29 bits per heavy atom. The van der Waals surface area contributed by atoms with Gasteiger partial charge in [0.05, 0.1) is 18.8 Å². The zero-order valence-electron chi connectivity index (χ0n) is 9.40. The molecule has 0 saturated carbocycles. The summed E-state index contributed by atoms with van der Waals surface area (Å²) in [6.07, 6.45) is 12.1. The average molecular weight is 233 g/mol. The van der Waals surface area contributed by atoms with Crippen LogP contribution < -0.4 is 0 Å². The van der Waals surface area contributed by atoms with Crippen molar-refractivity contribution in [3.05, 3.63) is 36.6 Å². The van der Waals surface area contributed by atoms with Gasteiger partial charge in [-0.15, -0.1) is 0 Å². The molecule has 4 atom stereocenters. The van der Waals surface area contributed by atoms with Crippen molar-refractivity contribution in [1.82, 2.24) is 4.90 Å². The lowest BCUT2D eigenvalue weighted by atomic mass is 9.84. The second-order valence-corrected chi connectivity index (χ2v) is 4.71. The molecule has 1 aliphatic carbocycles. The molecule has 0 aromatic carbocycles. The van der Waals surface area contributed by atoms with Crippen LogP contribution in [0.2, 0.25) is 0 Å². The van der Waals surface area contributed by atoms with Crippen molar-refractivity contribution in [2.24, 2.45) is 11.8 Å². The summed E-state index contributed by atoms with van der Waals surface area (Å²) < 4.78 is 5.34. The Hall–Kier alpha value is -1.55. The van der Waals surface area contributed by atoms with E-state index in [1.165, 1.54) is 0 Å². The van der Waals surface area contributed by atoms with Crippen molar-refractivity contribution >= 4 is 5.97 Å². The highest BCUT2D eigenvalue weighted by molar-refractivity contribution is 5.69. The summed E-state index contributed by atoms with van der Waals surface area (Å²) in [6, 6.07) is 0.371. The summed E-state index contributed by atoms with van der Waals surface area (Å²) in [4.78, 5) is 13.0. The summed E-state index contributed by atoms with van der Waals surface area (Å²) in [5.41, 5.74) is 0. The van der Waals surface area contributed by atoms with Crippen molar-refractivity contribution in [3.8, 4) is 0 Å². The maximum Gasteiger partial charge on any atom is 0.317 e. The van der Waals surface area contributed by atoms with Crippen molar-refractivity contribution < 1.29 is 14.6 Å². The van der Waals surface area contributed by atoms with Gasteiger partial charge in [0.25, 0.3) is 0 Å². The number of hydrogen-bond acceptors (Lipinski definition) is 3. The molecule has 1 N–H and O–H groups in total. The van der Waals surface area contributed by atoms with Crippen LogP contribution in [0.1, 0.15) is 0 Å². The molecule has 1 fully saturated rings. The number of likely N-dealkylation sites (tertiary alicyclic amines) is 1. The Morgan fingerprint density at radius 2 is 2.12 bits per heavy atom. The lowest BCUT2D eigenvalue weighted by Crippen LogP contribution is -2.43. The van der Waals surface area contributed by atoms with Crippen LogP contribution in [-0.2, 0) is 9.53 Å². The fraction of sp³-hybridized carbons (Fsp3) is 0.462. The van der Waals surface area contributed by atoms with Gasteiger partial charge >= 0.3 is 5.97 Å². The second-order valence-electron chi connectivity index (χ2n) is 4.71. The first-order valence-corrected chi connectivity index (χ1v) is 5.88. The van der Waals surface area contributed by atoms with E-state index < -0.39 is 5.97 Å². The molecule has 4 nitrogen and oxygen atoms in total. The topological polar surface area (TPSA) is 49.8 Å². The van der Waals surface area contributed by atoms with Crippen LogP contribution in [0.5, 0.6) is 0 Å². The molecule has 0 radical (unpaired) electrons. The van der Waals surface area contributed by atoms with Crippen LogP contribution in [0.3, 0.4) is 0 Å². The molecule has 17 heavy (non-hydrogen) atoms. The number of aliphatic carboxylic acids is 1. The molecule has 4 heteroatoms. The molecular formula is C13H15NO3. The van der Waals surface area contributed by atoms with E-state index in [9.17, 15) is 4.79 Å². The number of hydrogen-bond donors (Lipinski definition) is 1.